The van der Waals surface area contributed by atoms with Crippen LogP contribution in [0.1, 0.15) is 87.0 Å². The van der Waals surface area contributed by atoms with Gasteiger partial charge >= 0.3 is 0 Å². The van der Waals surface area contributed by atoms with Gasteiger partial charge in [0, 0.05) is 5.56 Å². The summed E-state index contributed by atoms with van der Waals surface area (Å²) in [5, 5.41) is 0. The molecule has 0 amide bonds. The zero-order valence-corrected chi connectivity index (χ0v) is 18.5. The first-order chi connectivity index (χ1) is 15.0. The van der Waals surface area contributed by atoms with E-state index in [0.29, 0.717) is 29.5 Å². The maximum atomic E-state index is 14.6. The average molecular weight is 433 g/mol. The minimum atomic E-state index is -0.795. The molecule has 0 N–H and O–H groups in total. The molecule has 0 spiro atoms. The zero-order valence-electron chi connectivity index (χ0n) is 18.5. The molecule has 0 bridgehead atoms. The lowest BCUT2D eigenvalue weighted by Crippen LogP contribution is -2.14. The summed E-state index contributed by atoms with van der Waals surface area (Å²) >= 11 is 0. The summed E-state index contributed by atoms with van der Waals surface area (Å²) in [5.41, 5.74) is 1.60. The lowest BCUT2D eigenvalue weighted by molar-refractivity contribution is 0.364. The predicted octanol–water partition coefficient (Wildman–Crippen LogP) is 8.53. The molecule has 0 aromatic heterocycles. The Balaban J connectivity index is 1.63. The van der Waals surface area contributed by atoms with Crippen LogP contribution >= 0.6 is 0 Å². The first-order valence-corrected chi connectivity index (χ1v) is 11.6. The van der Waals surface area contributed by atoms with Gasteiger partial charge in [-0.15, -0.1) is 0 Å². The number of halogens is 4. The Kier molecular flexibility index (Phi) is 8.34. The Bertz CT molecular complexity index is 908. The van der Waals surface area contributed by atoms with E-state index in [2.05, 4.69) is 0 Å². The van der Waals surface area contributed by atoms with Gasteiger partial charge in [-0.25, -0.2) is 17.6 Å². The second-order valence-corrected chi connectivity index (χ2v) is 8.71. The molecule has 1 aliphatic rings. The standard InChI is InChI=1S/C27H32F4/c1-3-5-7-21-16-17-23(27(31)26(21)30)19-11-8-18(9-12-19)10-13-22-15-14-20(6-4-2)24(28)25(22)29/h10,13-19H,3-9,11-12H2,1-2H3/b13-10+. The summed E-state index contributed by atoms with van der Waals surface area (Å²) in [7, 11) is 0. The van der Waals surface area contributed by atoms with Crippen LogP contribution in [0.5, 0.6) is 0 Å². The minimum absolute atomic E-state index is 0.00174. The molecule has 3 rings (SSSR count). The van der Waals surface area contributed by atoms with Gasteiger partial charge in [0.05, 0.1) is 0 Å². The normalized spacial score (nSPS) is 19.3. The molecule has 1 aliphatic carbocycles. The summed E-state index contributed by atoms with van der Waals surface area (Å²) in [6, 6.07) is 6.76. The molecule has 0 saturated heterocycles. The second kappa shape index (κ2) is 11.0. The predicted molar refractivity (Wildman–Crippen MR) is 119 cm³/mol. The number of hydrogen-bond donors (Lipinski definition) is 0. The molecular formula is C27H32F4. The first kappa shape index (κ1) is 23.6. The van der Waals surface area contributed by atoms with Crippen LogP contribution in [0.3, 0.4) is 0 Å². The molecule has 1 fully saturated rings. The fourth-order valence-electron chi connectivity index (χ4n) is 4.54. The van der Waals surface area contributed by atoms with Crippen molar-refractivity contribution in [2.45, 2.75) is 77.6 Å². The van der Waals surface area contributed by atoms with Crippen LogP contribution in [0.15, 0.2) is 30.3 Å². The van der Waals surface area contributed by atoms with E-state index in [0.717, 1.165) is 44.9 Å². The van der Waals surface area contributed by atoms with Crippen LogP contribution < -0.4 is 0 Å². The van der Waals surface area contributed by atoms with Crippen molar-refractivity contribution in [1.82, 2.24) is 0 Å². The van der Waals surface area contributed by atoms with Crippen LogP contribution in [0, 0.1) is 29.2 Å². The Morgan fingerprint density at radius 3 is 2.06 bits per heavy atom. The topological polar surface area (TPSA) is 0 Å². The van der Waals surface area contributed by atoms with Crippen molar-refractivity contribution in [3.63, 3.8) is 0 Å². The molecule has 168 valence electrons. The fourth-order valence-corrected chi connectivity index (χ4v) is 4.54. The van der Waals surface area contributed by atoms with Crippen molar-refractivity contribution in [3.8, 4) is 0 Å². The fraction of sp³-hybridized carbons (Fsp3) is 0.481. The Labute approximate surface area is 183 Å². The highest BCUT2D eigenvalue weighted by Gasteiger charge is 2.25. The monoisotopic (exact) mass is 432 g/mol. The van der Waals surface area contributed by atoms with Crippen molar-refractivity contribution in [3.05, 3.63) is 75.9 Å². The third-order valence-electron chi connectivity index (χ3n) is 6.46. The van der Waals surface area contributed by atoms with E-state index in [9.17, 15) is 17.6 Å². The van der Waals surface area contributed by atoms with Gasteiger partial charge in [0.1, 0.15) is 0 Å². The van der Waals surface area contributed by atoms with Gasteiger partial charge in [0.2, 0.25) is 0 Å². The highest BCUT2D eigenvalue weighted by molar-refractivity contribution is 5.51. The average Bonchev–Trinajstić information content (AvgIpc) is 2.78. The van der Waals surface area contributed by atoms with Gasteiger partial charge in [-0.2, -0.15) is 0 Å². The van der Waals surface area contributed by atoms with Crippen molar-refractivity contribution >= 4 is 6.08 Å². The summed E-state index contributed by atoms with van der Waals surface area (Å²) in [6.07, 6.45) is 10.4. The first-order valence-electron chi connectivity index (χ1n) is 11.6. The summed E-state index contributed by atoms with van der Waals surface area (Å²) in [5.74, 6) is -2.72. The summed E-state index contributed by atoms with van der Waals surface area (Å²) < 4.78 is 57.5. The van der Waals surface area contributed by atoms with Gasteiger partial charge in [-0.05, 0) is 73.5 Å². The van der Waals surface area contributed by atoms with E-state index in [-0.39, 0.29) is 17.4 Å². The molecular weight excluding hydrogens is 400 g/mol. The quantitative estimate of drug-likeness (QED) is 0.367. The molecule has 2 aromatic rings. The highest BCUT2D eigenvalue weighted by atomic mass is 19.2. The number of benzene rings is 2. The van der Waals surface area contributed by atoms with Gasteiger partial charge in [0.15, 0.2) is 23.3 Å². The number of hydrogen-bond acceptors (Lipinski definition) is 0. The maximum absolute atomic E-state index is 14.6. The maximum Gasteiger partial charge on any atom is 0.166 e. The molecule has 0 nitrogen and oxygen atoms in total. The van der Waals surface area contributed by atoms with E-state index in [1.165, 1.54) is 0 Å². The molecule has 0 atom stereocenters. The summed E-state index contributed by atoms with van der Waals surface area (Å²) in [4.78, 5) is 0. The second-order valence-electron chi connectivity index (χ2n) is 8.71. The lowest BCUT2D eigenvalue weighted by atomic mass is 9.78. The highest BCUT2D eigenvalue weighted by Crippen LogP contribution is 2.38. The van der Waals surface area contributed by atoms with Gasteiger partial charge in [-0.1, -0.05) is 63.1 Å². The Hall–Kier alpha value is -2.10. The molecule has 0 unspecified atom stereocenters. The minimum Gasteiger partial charge on any atom is -0.203 e. The van der Waals surface area contributed by atoms with Crippen molar-refractivity contribution in [2.24, 2.45) is 5.92 Å². The van der Waals surface area contributed by atoms with Crippen LogP contribution in [-0.2, 0) is 12.8 Å². The SMILES string of the molecule is CCCCc1ccc(C2CCC(/C=C/c3ccc(CCC)c(F)c3F)CC2)c(F)c1F. The molecule has 0 radical (unpaired) electrons. The molecule has 1 saturated carbocycles. The van der Waals surface area contributed by atoms with E-state index in [4.69, 9.17) is 0 Å². The van der Waals surface area contributed by atoms with E-state index in [1.54, 1.807) is 30.3 Å². The third-order valence-corrected chi connectivity index (χ3v) is 6.46. The number of aryl methyl sites for hydroxylation is 2. The van der Waals surface area contributed by atoms with Crippen LogP contribution in [0.2, 0.25) is 0 Å². The number of rotatable bonds is 8. The van der Waals surface area contributed by atoms with E-state index < -0.39 is 23.3 Å². The molecule has 0 heterocycles. The van der Waals surface area contributed by atoms with Gasteiger partial charge in [0.25, 0.3) is 0 Å². The van der Waals surface area contributed by atoms with Gasteiger partial charge in [-0.3, -0.25) is 0 Å². The largest absolute Gasteiger partial charge is 0.203 e. The van der Waals surface area contributed by atoms with Crippen LogP contribution in [-0.4, -0.2) is 0 Å². The number of allylic oxidation sites excluding steroid dienone is 1. The number of unbranched alkanes of at least 4 members (excludes halogenated alkanes) is 1. The zero-order chi connectivity index (χ0) is 22.4. The van der Waals surface area contributed by atoms with Gasteiger partial charge < -0.3 is 0 Å². The smallest absolute Gasteiger partial charge is 0.166 e. The lowest BCUT2D eigenvalue weighted by Gasteiger charge is -2.27. The van der Waals surface area contributed by atoms with Crippen LogP contribution in [0.25, 0.3) is 6.08 Å². The molecule has 2 aromatic carbocycles. The molecule has 31 heavy (non-hydrogen) atoms. The van der Waals surface area contributed by atoms with Crippen molar-refractivity contribution in [1.29, 1.82) is 0 Å². The molecule has 0 aliphatic heterocycles. The van der Waals surface area contributed by atoms with Crippen LogP contribution in [0.4, 0.5) is 17.6 Å². The van der Waals surface area contributed by atoms with E-state index >= 15 is 0 Å². The van der Waals surface area contributed by atoms with E-state index in [1.807, 2.05) is 19.9 Å². The Morgan fingerprint density at radius 1 is 0.742 bits per heavy atom. The summed E-state index contributed by atoms with van der Waals surface area (Å²) in [6.45, 7) is 3.96. The van der Waals surface area contributed by atoms with Crippen molar-refractivity contribution in [2.75, 3.05) is 0 Å². The Morgan fingerprint density at radius 2 is 1.39 bits per heavy atom. The van der Waals surface area contributed by atoms with Crippen molar-refractivity contribution < 1.29 is 17.6 Å². The molecule has 4 heteroatoms. The third kappa shape index (κ3) is 5.58.